The number of amides is 1. The number of anilines is 1. The molecule has 0 atom stereocenters. The molecule has 0 saturated heterocycles. The first-order chi connectivity index (χ1) is 15.2. The monoisotopic (exact) mass is 408 g/mol. The summed E-state index contributed by atoms with van der Waals surface area (Å²) in [6.07, 6.45) is 3.00. The van der Waals surface area contributed by atoms with Crippen LogP contribution in [0.15, 0.2) is 83.8 Å². The first kappa shape index (κ1) is 18.8. The highest BCUT2D eigenvalue weighted by Gasteiger charge is 2.11. The fourth-order valence-electron chi connectivity index (χ4n) is 3.89. The number of carbonyl (C=O) groups excluding carboxylic acids is 1. The Morgan fingerprint density at radius 1 is 0.903 bits per heavy atom. The summed E-state index contributed by atoms with van der Waals surface area (Å²) in [5.74, 6) is -0.0540. The van der Waals surface area contributed by atoms with Crippen LogP contribution in [0.1, 0.15) is 12.0 Å². The van der Waals surface area contributed by atoms with E-state index in [4.69, 9.17) is 0 Å². The third-order valence-electron chi connectivity index (χ3n) is 5.41. The van der Waals surface area contributed by atoms with Gasteiger partial charge in [-0.05, 0) is 36.2 Å². The summed E-state index contributed by atoms with van der Waals surface area (Å²) in [7, 11) is 0. The van der Waals surface area contributed by atoms with Gasteiger partial charge in [0, 0.05) is 40.2 Å². The van der Waals surface area contributed by atoms with Crippen LogP contribution in [0, 0.1) is 0 Å². The molecule has 0 aliphatic rings. The van der Waals surface area contributed by atoms with Crippen LogP contribution in [0.4, 0.5) is 5.69 Å². The highest BCUT2D eigenvalue weighted by molar-refractivity contribution is 5.96. The number of carbonyl (C=O) groups is 1. The zero-order valence-corrected chi connectivity index (χ0v) is 16.7. The van der Waals surface area contributed by atoms with Crippen LogP contribution in [0.25, 0.3) is 32.9 Å². The quantitative estimate of drug-likeness (QED) is 0.396. The van der Waals surface area contributed by atoms with E-state index in [0.29, 0.717) is 29.6 Å². The van der Waals surface area contributed by atoms with Crippen molar-refractivity contribution in [3.05, 3.63) is 94.9 Å². The minimum atomic E-state index is -0.221. The van der Waals surface area contributed by atoms with Crippen LogP contribution in [0.5, 0.6) is 0 Å². The summed E-state index contributed by atoms with van der Waals surface area (Å²) < 4.78 is 0. The fourth-order valence-corrected chi connectivity index (χ4v) is 3.89. The Morgan fingerprint density at radius 3 is 2.55 bits per heavy atom. The molecular formula is C25H20N4O2. The van der Waals surface area contributed by atoms with Crippen molar-refractivity contribution in [1.82, 2.24) is 15.2 Å². The van der Waals surface area contributed by atoms with Crippen molar-refractivity contribution in [2.45, 2.75) is 12.8 Å². The van der Waals surface area contributed by atoms with Gasteiger partial charge in [0.1, 0.15) is 0 Å². The Morgan fingerprint density at radius 2 is 1.68 bits per heavy atom. The van der Waals surface area contributed by atoms with Crippen molar-refractivity contribution < 1.29 is 4.79 Å². The van der Waals surface area contributed by atoms with Crippen LogP contribution in [-0.4, -0.2) is 21.1 Å². The van der Waals surface area contributed by atoms with Gasteiger partial charge in [-0.1, -0.05) is 48.5 Å². The molecule has 0 radical (unpaired) electrons. The summed E-state index contributed by atoms with van der Waals surface area (Å²) in [6, 6.07) is 22.9. The molecule has 0 saturated carbocycles. The van der Waals surface area contributed by atoms with Crippen LogP contribution < -0.4 is 10.9 Å². The largest absolute Gasteiger partial charge is 0.361 e. The molecule has 0 spiro atoms. The number of nitrogens with zero attached hydrogens (tertiary/aromatic N) is 1. The molecule has 0 unspecified atom stereocenters. The Balaban J connectivity index is 1.34. The van der Waals surface area contributed by atoms with Gasteiger partial charge in [-0.25, -0.2) is 5.10 Å². The molecule has 3 aromatic carbocycles. The van der Waals surface area contributed by atoms with E-state index >= 15 is 0 Å². The van der Waals surface area contributed by atoms with Crippen molar-refractivity contribution in [2.24, 2.45) is 0 Å². The summed E-state index contributed by atoms with van der Waals surface area (Å²) in [5, 5.41) is 12.3. The average molecular weight is 408 g/mol. The number of aromatic amines is 2. The lowest BCUT2D eigenvalue weighted by atomic mass is 10.0. The smallest absolute Gasteiger partial charge is 0.272 e. The number of hydrogen-bond acceptors (Lipinski definition) is 3. The van der Waals surface area contributed by atoms with E-state index < -0.39 is 0 Å². The number of para-hydroxylation sites is 1. The van der Waals surface area contributed by atoms with Gasteiger partial charge in [0.15, 0.2) is 0 Å². The maximum absolute atomic E-state index is 12.6. The molecule has 0 aliphatic heterocycles. The molecule has 3 N–H and O–H groups in total. The lowest BCUT2D eigenvalue weighted by molar-refractivity contribution is -0.116. The van der Waals surface area contributed by atoms with E-state index in [0.717, 1.165) is 27.4 Å². The van der Waals surface area contributed by atoms with Crippen molar-refractivity contribution in [3.8, 4) is 11.3 Å². The highest BCUT2D eigenvalue weighted by Crippen LogP contribution is 2.26. The topological polar surface area (TPSA) is 90.6 Å². The van der Waals surface area contributed by atoms with Gasteiger partial charge >= 0.3 is 0 Å². The van der Waals surface area contributed by atoms with Gasteiger partial charge in [-0.3, -0.25) is 9.59 Å². The average Bonchev–Trinajstić information content (AvgIpc) is 3.21. The maximum atomic E-state index is 12.6. The second kappa shape index (κ2) is 7.91. The minimum absolute atomic E-state index is 0.0540. The minimum Gasteiger partial charge on any atom is -0.361 e. The maximum Gasteiger partial charge on any atom is 0.272 e. The number of fused-ring (bicyclic) bond motifs is 2. The van der Waals surface area contributed by atoms with Gasteiger partial charge in [0.05, 0.1) is 11.1 Å². The predicted octanol–water partition coefficient (Wildman–Crippen LogP) is 4.64. The molecule has 5 rings (SSSR count). The molecule has 6 heteroatoms. The zero-order chi connectivity index (χ0) is 21.2. The fraction of sp³-hybridized carbons (Fsp3) is 0.0800. The number of nitrogens with one attached hydrogen (secondary N) is 3. The summed E-state index contributed by atoms with van der Waals surface area (Å²) in [4.78, 5) is 27.9. The molecule has 1 amide bonds. The molecule has 152 valence electrons. The number of benzene rings is 3. The first-order valence-corrected chi connectivity index (χ1v) is 10.1. The zero-order valence-electron chi connectivity index (χ0n) is 16.7. The van der Waals surface area contributed by atoms with E-state index in [1.54, 1.807) is 6.07 Å². The molecular weight excluding hydrogens is 388 g/mol. The molecule has 31 heavy (non-hydrogen) atoms. The lowest BCUT2D eigenvalue weighted by Gasteiger charge is -2.09. The van der Waals surface area contributed by atoms with Gasteiger partial charge in [0.25, 0.3) is 5.56 Å². The van der Waals surface area contributed by atoms with Crippen LogP contribution >= 0.6 is 0 Å². The SMILES string of the molecule is O=C(CCc1c[nH]c2ccccc12)Nc1cccc(-c2n[nH]c(=O)c3ccccc23)c1. The van der Waals surface area contributed by atoms with E-state index in [2.05, 4.69) is 26.6 Å². The molecule has 5 aromatic rings. The summed E-state index contributed by atoms with van der Waals surface area (Å²) >= 11 is 0. The Kier molecular flexibility index (Phi) is 4.80. The number of H-pyrrole nitrogens is 2. The standard InChI is InChI=1S/C25H20N4O2/c30-23(13-12-17-15-26-22-11-4-3-8-19(17)22)27-18-7-5-6-16(14-18)24-20-9-1-2-10-21(20)25(31)29-28-24/h1-11,14-15,26H,12-13H2,(H,27,30)(H,29,31). The van der Waals surface area contributed by atoms with Crippen LogP contribution in [0.2, 0.25) is 0 Å². The number of aryl methyl sites for hydroxylation is 1. The number of rotatable bonds is 5. The van der Waals surface area contributed by atoms with E-state index in [1.165, 1.54) is 0 Å². The molecule has 0 fully saturated rings. The molecule has 2 aromatic heterocycles. The third-order valence-corrected chi connectivity index (χ3v) is 5.41. The van der Waals surface area contributed by atoms with Gasteiger partial charge in [-0.15, -0.1) is 0 Å². The normalized spacial score (nSPS) is 11.1. The molecule has 0 bridgehead atoms. The highest BCUT2D eigenvalue weighted by atomic mass is 16.1. The van der Waals surface area contributed by atoms with E-state index in [1.807, 2.05) is 66.9 Å². The van der Waals surface area contributed by atoms with E-state index in [-0.39, 0.29) is 11.5 Å². The third kappa shape index (κ3) is 3.71. The van der Waals surface area contributed by atoms with Crippen molar-refractivity contribution in [3.63, 3.8) is 0 Å². The van der Waals surface area contributed by atoms with E-state index in [9.17, 15) is 9.59 Å². The Hall–Kier alpha value is -4.19. The number of aromatic nitrogens is 3. The summed E-state index contributed by atoms with van der Waals surface area (Å²) in [5.41, 5.74) is 4.17. The van der Waals surface area contributed by atoms with Gasteiger partial charge in [0.2, 0.25) is 5.91 Å². The lowest BCUT2D eigenvalue weighted by Crippen LogP contribution is -2.12. The second-order valence-corrected chi connectivity index (χ2v) is 7.44. The van der Waals surface area contributed by atoms with Crippen molar-refractivity contribution in [2.75, 3.05) is 5.32 Å². The Bertz CT molecular complexity index is 1470. The van der Waals surface area contributed by atoms with Crippen LogP contribution in [-0.2, 0) is 11.2 Å². The van der Waals surface area contributed by atoms with Gasteiger partial charge in [-0.2, -0.15) is 5.10 Å². The Labute approximate surface area is 177 Å². The second-order valence-electron chi connectivity index (χ2n) is 7.44. The van der Waals surface area contributed by atoms with Crippen molar-refractivity contribution >= 4 is 33.3 Å². The summed E-state index contributed by atoms with van der Waals surface area (Å²) in [6.45, 7) is 0. The van der Waals surface area contributed by atoms with Crippen molar-refractivity contribution in [1.29, 1.82) is 0 Å². The van der Waals surface area contributed by atoms with Gasteiger partial charge < -0.3 is 10.3 Å². The first-order valence-electron chi connectivity index (χ1n) is 10.1. The van der Waals surface area contributed by atoms with Crippen LogP contribution in [0.3, 0.4) is 0 Å². The molecule has 2 heterocycles. The molecule has 6 nitrogen and oxygen atoms in total. The predicted molar refractivity (Wildman–Crippen MR) is 123 cm³/mol. The number of hydrogen-bond donors (Lipinski definition) is 3. The molecule has 0 aliphatic carbocycles.